The molecule has 8 rings (SSSR count). The number of rotatable bonds is 2. The fourth-order valence-corrected chi connectivity index (χ4v) is 12.2. The van der Waals surface area contributed by atoms with Crippen LogP contribution in [-0.2, 0) is 9.47 Å². The number of aliphatic hydroxyl groups excluding tert-OH is 1. The molecule has 3 saturated heterocycles. The minimum Gasteiger partial charge on any atom is -0.453 e. The van der Waals surface area contributed by atoms with E-state index in [0.717, 1.165) is 6.42 Å². The highest BCUT2D eigenvalue weighted by Gasteiger charge is 2.88. The van der Waals surface area contributed by atoms with Gasteiger partial charge in [-0.1, -0.05) is 32.0 Å². The van der Waals surface area contributed by atoms with E-state index in [9.17, 15) is 35.4 Å². The Morgan fingerprint density at radius 1 is 0.909 bits per heavy atom. The van der Waals surface area contributed by atoms with Crippen LogP contribution in [0.4, 0.5) is 0 Å². The van der Waals surface area contributed by atoms with Gasteiger partial charge in [-0.05, 0) is 63.5 Å². The van der Waals surface area contributed by atoms with Crippen molar-refractivity contribution in [2.24, 2.45) is 29.1 Å². The zero-order valence-corrected chi connectivity index (χ0v) is 25.9. The van der Waals surface area contributed by atoms with E-state index in [2.05, 4.69) is 11.8 Å². The maximum atomic E-state index is 13.1. The zero-order chi connectivity index (χ0) is 31.3. The number of carbonyl (C=O) groups is 1. The molecule has 3 heterocycles. The normalized spacial score (nSPS) is 57.5. The van der Waals surface area contributed by atoms with E-state index in [0.29, 0.717) is 50.1 Å². The summed E-state index contributed by atoms with van der Waals surface area (Å²) in [7, 11) is 0. The molecule has 10 heteroatoms. The molecule has 0 aromatic heterocycles. The summed E-state index contributed by atoms with van der Waals surface area (Å²) in [5.41, 5.74) is -9.09. The van der Waals surface area contributed by atoms with Crippen molar-refractivity contribution in [1.29, 1.82) is 0 Å². The number of hydrogen-bond acceptors (Lipinski definition) is 10. The number of nitrogens with zero attached hydrogens (tertiary/aromatic N) is 1. The summed E-state index contributed by atoms with van der Waals surface area (Å²) in [5, 5.41) is 74.3. The zero-order valence-electron chi connectivity index (χ0n) is 25.9. The van der Waals surface area contributed by atoms with E-state index >= 15 is 0 Å². The Labute approximate surface area is 258 Å². The number of ether oxygens (including phenoxy) is 2. The van der Waals surface area contributed by atoms with Crippen molar-refractivity contribution in [3.8, 4) is 0 Å². The van der Waals surface area contributed by atoms with Crippen LogP contribution in [0, 0.1) is 29.1 Å². The molecule has 7 fully saturated rings. The summed E-state index contributed by atoms with van der Waals surface area (Å²) in [6.07, 6.45) is 0.521. The molecule has 0 unspecified atom stereocenters. The lowest BCUT2D eigenvalue weighted by Crippen LogP contribution is -2.85. The molecule has 0 radical (unpaired) electrons. The molecule has 4 aliphatic carbocycles. The molecule has 7 aliphatic rings. The molecule has 242 valence electrons. The summed E-state index contributed by atoms with van der Waals surface area (Å²) < 4.78 is 12.8. The second-order valence-corrected chi connectivity index (χ2v) is 16.1. The van der Waals surface area contributed by atoms with Gasteiger partial charge in [0.15, 0.2) is 6.10 Å². The summed E-state index contributed by atoms with van der Waals surface area (Å²) in [6, 6.07) is 8.23. The summed E-state index contributed by atoms with van der Waals surface area (Å²) in [4.78, 5) is 15.2. The lowest BCUT2D eigenvalue weighted by Gasteiger charge is -2.68. The molecule has 0 amide bonds. The molecular formula is C34H47NO9. The fourth-order valence-electron chi connectivity index (χ4n) is 12.2. The highest BCUT2D eigenvalue weighted by molar-refractivity contribution is 5.89. The lowest BCUT2D eigenvalue weighted by molar-refractivity contribution is -0.354. The van der Waals surface area contributed by atoms with E-state index in [4.69, 9.17) is 9.47 Å². The van der Waals surface area contributed by atoms with Crippen LogP contribution in [0.1, 0.15) is 82.5 Å². The molecule has 1 aromatic rings. The molecule has 4 saturated carbocycles. The quantitative estimate of drug-likeness (QED) is 0.269. The molecule has 44 heavy (non-hydrogen) atoms. The van der Waals surface area contributed by atoms with Gasteiger partial charge in [0.2, 0.25) is 5.79 Å². The van der Waals surface area contributed by atoms with E-state index in [-0.39, 0.29) is 19.4 Å². The van der Waals surface area contributed by atoms with Crippen molar-refractivity contribution in [3.63, 3.8) is 0 Å². The van der Waals surface area contributed by atoms with Crippen LogP contribution in [-0.4, -0.2) is 107 Å². The van der Waals surface area contributed by atoms with Crippen LogP contribution in [0.25, 0.3) is 0 Å². The molecular weight excluding hydrogens is 566 g/mol. The van der Waals surface area contributed by atoms with E-state index in [1.165, 1.54) is 0 Å². The van der Waals surface area contributed by atoms with Gasteiger partial charge in [-0.2, -0.15) is 0 Å². The maximum absolute atomic E-state index is 13.1. The van der Waals surface area contributed by atoms with Gasteiger partial charge >= 0.3 is 5.97 Å². The van der Waals surface area contributed by atoms with Crippen molar-refractivity contribution in [2.75, 3.05) is 13.1 Å². The molecule has 1 aromatic carbocycles. The number of aliphatic hydroxyl groups is 6. The lowest BCUT2D eigenvalue weighted by atomic mass is 9.49. The Bertz CT molecular complexity index is 1380. The predicted octanol–water partition coefficient (Wildman–Crippen LogP) is 1.34. The Hall–Kier alpha value is -1.63. The monoisotopic (exact) mass is 613 g/mol. The van der Waals surface area contributed by atoms with Crippen molar-refractivity contribution in [1.82, 2.24) is 4.90 Å². The minimum absolute atomic E-state index is 0.0698. The second-order valence-electron chi connectivity index (χ2n) is 16.1. The van der Waals surface area contributed by atoms with Crippen LogP contribution in [0.2, 0.25) is 0 Å². The highest BCUT2D eigenvalue weighted by atomic mass is 16.7. The smallest absolute Gasteiger partial charge is 0.338 e. The largest absolute Gasteiger partial charge is 0.453 e. The van der Waals surface area contributed by atoms with Gasteiger partial charge in [0, 0.05) is 55.1 Å². The number of carbonyl (C=O) groups excluding carboxylic acids is 1. The molecule has 3 aliphatic heterocycles. The first-order valence-corrected chi connectivity index (χ1v) is 16.6. The van der Waals surface area contributed by atoms with E-state index in [1.54, 1.807) is 31.2 Å². The average molecular weight is 614 g/mol. The van der Waals surface area contributed by atoms with Crippen molar-refractivity contribution >= 4 is 5.97 Å². The maximum Gasteiger partial charge on any atom is 0.338 e. The Kier molecular flexibility index (Phi) is 5.97. The summed E-state index contributed by atoms with van der Waals surface area (Å²) >= 11 is 0. The van der Waals surface area contributed by atoms with Crippen LogP contribution in [0.15, 0.2) is 30.3 Å². The van der Waals surface area contributed by atoms with Crippen molar-refractivity contribution in [3.05, 3.63) is 35.9 Å². The number of piperidine rings is 2. The molecule has 10 nitrogen and oxygen atoms in total. The molecule has 1 spiro atoms. The van der Waals surface area contributed by atoms with Crippen LogP contribution < -0.4 is 0 Å². The number of fused-ring (bicyclic) bond motifs is 5. The van der Waals surface area contributed by atoms with Gasteiger partial charge in [-0.15, -0.1) is 0 Å². The van der Waals surface area contributed by atoms with Gasteiger partial charge in [0.1, 0.15) is 22.4 Å². The van der Waals surface area contributed by atoms with Crippen molar-refractivity contribution in [2.45, 2.75) is 124 Å². The third-order valence-corrected chi connectivity index (χ3v) is 14.3. The first-order valence-electron chi connectivity index (χ1n) is 16.6. The Morgan fingerprint density at radius 3 is 2.34 bits per heavy atom. The number of esters is 1. The first-order chi connectivity index (χ1) is 20.6. The average Bonchev–Trinajstić information content (AvgIpc) is 3.14. The third kappa shape index (κ3) is 3.18. The Morgan fingerprint density at radius 2 is 1.61 bits per heavy atom. The topological polar surface area (TPSA) is 160 Å². The Balaban J connectivity index is 1.20. The number of benzene rings is 1. The minimum atomic E-state index is -2.07. The van der Waals surface area contributed by atoms with Gasteiger partial charge in [-0.3, -0.25) is 4.90 Å². The van der Waals surface area contributed by atoms with Gasteiger partial charge in [-0.25, -0.2) is 4.79 Å². The summed E-state index contributed by atoms with van der Waals surface area (Å²) in [5.74, 6) is -4.15. The SMILES string of the molecule is C[C@H]1CC[C@@H]2N(C1)C[C@@H]1[C@](O)([C@@H](O)C[C@@]3(O)[C@@H]4CC[C@@H]5[C@]6(O)O[C@@]4(C[C@@]13O)[C@@]5(C)CC[C@H]6OC(=O)c1ccccc1)[C@]2(C)O. The van der Waals surface area contributed by atoms with Crippen LogP contribution >= 0.6 is 0 Å². The molecule has 6 N–H and O–H groups in total. The second kappa shape index (κ2) is 8.83. The van der Waals surface area contributed by atoms with Gasteiger partial charge in [0.05, 0.1) is 17.3 Å². The first kappa shape index (κ1) is 29.8. The van der Waals surface area contributed by atoms with Crippen LogP contribution in [0.5, 0.6) is 0 Å². The summed E-state index contributed by atoms with van der Waals surface area (Å²) in [6.45, 7) is 6.64. The molecule has 4 bridgehead atoms. The van der Waals surface area contributed by atoms with E-state index < -0.39 is 81.2 Å². The predicted molar refractivity (Wildman–Crippen MR) is 156 cm³/mol. The fraction of sp³-hybridized carbons (Fsp3) is 0.794. The molecule has 14 atom stereocenters. The number of hydrogen-bond donors (Lipinski definition) is 6. The van der Waals surface area contributed by atoms with Crippen molar-refractivity contribution < 1.29 is 44.9 Å². The van der Waals surface area contributed by atoms with E-state index in [1.807, 2.05) is 13.0 Å². The third-order valence-electron chi connectivity index (χ3n) is 14.3. The standard InChI is InChI=1S/C34H47NO9/c1-19-9-12-24-29(3,38)33(41)23(17-35(24)16-19)31(40)18-32-22(30(31,39)15-25(33)36)11-10-21-28(32,2)14-13-26(34(21,42)44-32)43-27(37)20-7-5-4-6-8-20/h4-8,19,21-26,36,38-42H,9-18H2,1-3H3/t19-,21-,22-,23-,24-,25-,26+,28-,29+,30+,31+,32+,33-,34-/m0/s1. The van der Waals surface area contributed by atoms with Gasteiger partial charge < -0.3 is 40.1 Å². The van der Waals surface area contributed by atoms with Gasteiger partial charge in [0.25, 0.3) is 0 Å². The highest BCUT2D eigenvalue weighted by Crippen LogP contribution is 2.78. The van der Waals surface area contributed by atoms with Crippen LogP contribution in [0.3, 0.4) is 0 Å².